The van der Waals surface area contributed by atoms with Crippen LogP contribution in [0.4, 0.5) is 0 Å². The largest absolute Gasteiger partial charge is 0.289 e. The van der Waals surface area contributed by atoms with Crippen molar-refractivity contribution < 1.29 is 4.79 Å². The van der Waals surface area contributed by atoms with Gasteiger partial charge in [-0.25, -0.2) is 0 Å². The monoisotopic (exact) mass is 210 g/mol. The third kappa shape index (κ3) is 3.54. The summed E-state index contributed by atoms with van der Waals surface area (Å²) in [4.78, 5) is 11.7. The van der Waals surface area contributed by atoms with E-state index in [4.69, 9.17) is 0 Å². The van der Waals surface area contributed by atoms with Gasteiger partial charge < -0.3 is 0 Å². The van der Waals surface area contributed by atoms with Gasteiger partial charge in [-0.1, -0.05) is 67.8 Å². The van der Waals surface area contributed by atoms with E-state index in [0.29, 0.717) is 5.56 Å². The number of allylic oxidation sites excluding steroid dienone is 6. The van der Waals surface area contributed by atoms with E-state index >= 15 is 0 Å². The Morgan fingerprint density at radius 3 is 2.31 bits per heavy atom. The molecule has 0 bridgehead atoms. The van der Waals surface area contributed by atoms with Crippen molar-refractivity contribution >= 4 is 5.78 Å². The van der Waals surface area contributed by atoms with Crippen molar-refractivity contribution in [1.82, 2.24) is 0 Å². The molecule has 0 radical (unpaired) electrons. The zero-order valence-electron chi connectivity index (χ0n) is 9.10. The van der Waals surface area contributed by atoms with Gasteiger partial charge >= 0.3 is 0 Å². The Labute approximate surface area is 96.1 Å². The van der Waals surface area contributed by atoms with E-state index in [2.05, 4.69) is 13.2 Å². The summed E-state index contributed by atoms with van der Waals surface area (Å²) in [5.41, 5.74) is 1.54. The smallest absolute Gasteiger partial charge is 0.185 e. The maximum absolute atomic E-state index is 11.7. The number of benzene rings is 1. The fraction of sp³-hybridized carbons (Fsp3) is 0. The molecule has 0 aliphatic rings. The predicted octanol–water partition coefficient (Wildman–Crippen LogP) is 3.72. The second-order valence-electron chi connectivity index (χ2n) is 3.17. The molecular weight excluding hydrogens is 196 g/mol. The SMILES string of the molecule is C=C/C=C(C=C)/C=C/C(=O)c1ccccc1. The molecule has 16 heavy (non-hydrogen) atoms. The van der Waals surface area contributed by atoms with Crippen molar-refractivity contribution in [2.75, 3.05) is 0 Å². The van der Waals surface area contributed by atoms with Gasteiger partial charge in [0.05, 0.1) is 0 Å². The topological polar surface area (TPSA) is 17.1 Å². The van der Waals surface area contributed by atoms with E-state index in [1.54, 1.807) is 36.4 Å². The Morgan fingerprint density at radius 1 is 1.06 bits per heavy atom. The lowest BCUT2D eigenvalue weighted by Crippen LogP contribution is -1.92. The highest BCUT2D eigenvalue weighted by Crippen LogP contribution is 2.04. The van der Waals surface area contributed by atoms with Crippen molar-refractivity contribution in [1.29, 1.82) is 0 Å². The molecule has 0 spiro atoms. The summed E-state index contributed by atoms with van der Waals surface area (Å²) in [6.07, 6.45) is 8.39. The van der Waals surface area contributed by atoms with Crippen molar-refractivity contribution in [3.05, 3.63) is 85.0 Å². The predicted molar refractivity (Wildman–Crippen MR) is 68.4 cm³/mol. The van der Waals surface area contributed by atoms with Crippen molar-refractivity contribution in [3.63, 3.8) is 0 Å². The molecule has 0 aliphatic carbocycles. The van der Waals surface area contributed by atoms with Crippen LogP contribution in [-0.2, 0) is 0 Å². The molecular formula is C15H14O. The standard InChI is InChI=1S/C15H14O/c1-3-8-13(4-2)11-12-15(16)14-9-6-5-7-10-14/h3-12H,1-2H2/b12-11+,13-8+. The zero-order chi connectivity index (χ0) is 11.8. The Kier molecular flexibility index (Phi) is 4.74. The van der Waals surface area contributed by atoms with Gasteiger partial charge in [0.15, 0.2) is 5.78 Å². The highest BCUT2D eigenvalue weighted by Gasteiger charge is 1.98. The normalized spacial score (nSPS) is 11.4. The quantitative estimate of drug-likeness (QED) is 0.411. The zero-order valence-corrected chi connectivity index (χ0v) is 9.10. The minimum atomic E-state index is -0.0163. The minimum absolute atomic E-state index is 0.0163. The highest BCUT2D eigenvalue weighted by atomic mass is 16.1. The van der Waals surface area contributed by atoms with Gasteiger partial charge in [-0.3, -0.25) is 4.79 Å². The summed E-state index contributed by atoms with van der Waals surface area (Å²) in [6, 6.07) is 9.15. The lowest BCUT2D eigenvalue weighted by atomic mass is 10.1. The number of ketones is 1. The van der Waals surface area contributed by atoms with Gasteiger partial charge in [0.2, 0.25) is 0 Å². The molecule has 0 saturated carbocycles. The van der Waals surface area contributed by atoms with Crippen molar-refractivity contribution in [2.24, 2.45) is 0 Å². The summed E-state index contributed by atoms with van der Waals surface area (Å²) in [5, 5.41) is 0. The van der Waals surface area contributed by atoms with E-state index in [0.717, 1.165) is 5.57 Å². The number of hydrogen-bond acceptors (Lipinski definition) is 1. The first-order valence-electron chi connectivity index (χ1n) is 5.00. The van der Waals surface area contributed by atoms with Crippen LogP contribution in [0.2, 0.25) is 0 Å². The molecule has 0 unspecified atom stereocenters. The minimum Gasteiger partial charge on any atom is -0.289 e. The van der Waals surface area contributed by atoms with Gasteiger partial charge in [-0.15, -0.1) is 0 Å². The third-order valence-corrected chi connectivity index (χ3v) is 2.03. The molecule has 80 valence electrons. The van der Waals surface area contributed by atoms with Crippen LogP contribution in [0.5, 0.6) is 0 Å². The third-order valence-electron chi connectivity index (χ3n) is 2.03. The van der Waals surface area contributed by atoms with Gasteiger partial charge in [-0.2, -0.15) is 0 Å². The molecule has 1 nitrogen and oxygen atoms in total. The molecule has 0 heterocycles. The fourth-order valence-corrected chi connectivity index (χ4v) is 1.20. The summed E-state index contributed by atoms with van der Waals surface area (Å²) in [5.74, 6) is -0.0163. The maximum atomic E-state index is 11.7. The van der Waals surface area contributed by atoms with E-state index in [1.807, 2.05) is 18.2 Å². The molecule has 1 aromatic carbocycles. The molecule has 0 saturated heterocycles. The lowest BCUT2D eigenvalue weighted by molar-refractivity contribution is 0.104. The molecule has 0 atom stereocenters. The number of rotatable bonds is 5. The van der Waals surface area contributed by atoms with Gasteiger partial charge in [0.1, 0.15) is 0 Å². The molecule has 1 aromatic rings. The van der Waals surface area contributed by atoms with Crippen LogP contribution in [0.1, 0.15) is 10.4 Å². The Hall–Kier alpha value is -2.15. The van der Waals surface area contributed by atoms with Gasteiger partial charge in [-0.05, 0) is 11.6 Å². The van der Waals surface area contributed by atoms with Gasteiger partial charge in [0.25, 0.3) is 0 Å². The fourth-order valence-electron chi connectivity index (χ4n) is 1.20. The first-order valence-corrected chi connectivity index (χ1v) is 5.00. The molecule has 0 aromatic heterocycles. The second kappa shape index (κ2) is 6.36. The van der Waals surface area contributed by atoms with Crippen molar-refractivity contribution in [2.45, 2.75) is 0 Å². The number of hydrogen-bond donors (Lipinski definition) is 0. The number of carbonyl (C=O) groups is 1. The Balaban J connectivity index is 2.79. The molecule has 0 aliphatic heterocycles. The molecule has 1 heteroatoms. The van der Waals surface area contributed by atoms with Crippen LogP contribution in [0.25, 0.3) is 0 Å². The Bertz CT molecular complexity index is 436. The maximum Gasteiger partial charge on any atom is 0.185 e. The molecule has 1 rings (SSSR count). The van der Waals surface area contributed by atoms with E-state index in [9.17, 15) is 4.79 Å². The summed E-state index contributed by atoms with van der Waals surface area (Å²) in [7, 11) is 0. The molecule has 0 N–H and O–H groups in total. The van der Waals surface area contributed by atoms with Crippen molar-refractivity contribution in [3.8, 4) is 0 Å². The van der Waals surface area contributed by atoms with Crippen LogP contribution in [0, 0.1) is 0 Å². The second-order valence-corrected chi connectivity index (χ2v) is 3.17. The molecule has 0 fully saturated rings. The Morgan fingerprint density at radius 2 is 1.75 bits per heavy atom. The van der Waals surface area contributed by atoms with E-state index in [1.165, 1.54) is 6.08 Å². The van der Waals surface area contributed by atoms with Gasteiger partial charge in [0, 0.05) is 5.56 Å². The van der Waals surface area contributed by atoms with Crippen LogP contribution in [0.15, 0.2) is 79.4 Å². The van der Waals surface area contributed by atoms with E-state index in [-0.39, 0.29) is 5.78 Å². The first kappa shape index (κ1) is 11.9. The average molecular weight is 210 g/mol. The molecule has 0 amide bonds. The summed E-state index contributed by atoms with van der Waals surface area (Å²) in [6.45, 7) is 7.24. The van der Waals surface area contributed by atoms with Crippen LogP contribution >= 0.6 is 0 Å². The highest BCUT2D eigenvalue weighted by molar-refractivity contribution is 6.04. The first-order chi connectivity index (χ1) is 7.77. The number of carbonyl (C=O) groups excluding carboxylic acids is 1. The van der Waals surface area contributed by atoms with E-state index < -0.39 is 0 Å². The summed E-state index contributed by atoms with van der Waals surface area (Å²) < 4.78 is 0. The van der Waals surface area contributed by atoms with Crippen LogP contribution < -0.4 is 0 Å². The summed E-state index contributed by atoms with van der Waals surface area (Å²) >= 11 is 0. The average Bonchev–Trinajstić information content (AvgIpc) is 2.35. The lowest BCUT2D eigenvalue weighted by Gasteiger charge is -1.94. The van der Waals surface area contributed by atoms with Crippen LogP contribution in [-0.4, -0.2) is 5.78 Å². The van der Waals surface area contributed by atoms with Crippen LogP contribution in [0.3, 0.4) is 0 Å².